The van der Waals surface area contributed by atoms with Crippen LogP contribution in [0.5, 0.6) is 0 Å². The zero-order valence-electron chi connectivity index (χ0n) is 64.2. The highest BCUT2D eigenvalue weighted by atomic mass is 16.6. The number of carbonyl (C=O) groups is 8. The smallest absolute Gasteiger partial charge is 0.309 e. The molecule has 574 valence electrons. The number of hydrogen-bond donors (Lipinski definition) is 0. The van der Waals surface area contributed by atoms with Gasteiger partial charge in [-0.1, -0.05) is 209 Å². The molecule has 4 atom stereocenters. The topological polar surface area (TPSA) is 220 Å². The second-order valence-electron chi connectivity index (χ2n) is 27.7. The van der Waals surface area contributed by atoms with Crippen molar-refractivity contribution in [3.63, 3.8) is 0 Å². The fourth-order valence-electron chi connectivity index (χ4n) is 12.0. The van der Waals surface area contributed by atoms with Gasteiger partial charge in [-0.3, -0.25) is 38.4 Å². The molecule has 0 aromatic carbocycles. The molecule has 0 bridgehead atoms. The van der Waals surface area contributed by atoms with Gasteiger partial charge >= 0.3 is 47.8 Å². The van der Waals surface area contributed by atoms with Crippen LogP contribution in [0.2, 0.25) is 0 Å². The SMILES string of the molecule is CCCCCCC(CCCC)COC(=O)CCOC(=O)CCN(CCCN(C)CCCN(CCC(=O)OCCC(=O)OCC(CCCC)CCCCCC)CCC(=O)OCCC(=O)OCC(CCCC)CCCCCC)CCC(=O)OCCC(=O)OCC(CCCC)CCCCCC. The first-order chi connectivity index (χ1) is 47.5. The Balaban J connectivity index is 5.81. The van der Waals surface area contributed by atoms with Crippen molar-refractivity contribution in [2.24, 2.45) is 23.7 Å². The third kappa shape index (κ3) is 60.4. The Bertz CT molecular complexity index is 1700. The number of carbonyl (C=O) groups excluding carboxylic acids is 8. The highest BCUT2D eigenvalue weighted by Gasteiger charge is 2.21. The lowest BCUT2D eigenvalue weighted by Crippen LogP contribution is -2.34. The maximum Gasteiger partial charge on any atom is 0.309 e. The van der Waals surface area contributed by atoms with Gasteiger partial charge < -0.3 is 52.6 Å². The summed E-state index contributed by atoms with van der Waals surface area (Å²) in [5, 5.41) is 0. The minimum Gasteiger partial charge on any atom is -0.465 e. The van der Waals surface area contributed by atoms with Crippen molar-refractivity contribution < 1.29 is 76.3 Å². The summed E-state index contributed by atoms with van der Waals surface area (Å²) in [5.74, 6) is -2.01. The molecular weight excluding hydrogens is 1250 g/mol. The van der Waals surface area contributed by atoms with Crippen LogP contribution in [0.1, 0.15) is 325 Å². The average molecular weight is 1400 g/mol. The van der Waals surface area contributed by atoms with Crippen LogP contribution in [0, 0.1) is 23.7 Å². The first-order valence-corrected chi connectivity index (χ1v) is 39.9. The minimum absolute atomic E-state index is 0.0240. The average Bonchev–Trinajstić information content (AvgIpc) is 3.80. The Kier molecular flexibility index (Phi) is 65.4. The van der Waals surface area contributed by atoms with Crippen molar-refractivity contribution in [1.82, 2.24) is 14.7 Å². The summed E-state index contributed by atoms with van der Waals surface area (Å²) < 4.78 is 44.6. The number of unbranched alkanes of at least 4 members (excludes halogenated alkanes) is 16. The fraction of sp³-hybridized carbons (Fsp3) is 0.899. The van der Waals surface area contributed by atoms with E-state index in [4.69, 9.17) is 37.9 Å². The maximum absolute atomic E-state index is 13.1. The molecule has 19 heteroatoms. The van der Waals surface area contributed by atoms with E-state index in [0.29, 0.717) is 115 Å². The van der Waals surface area contributed by atoms with E-state index in [1.54, 1.807) is 0 Å². The molecule has 0 heterocycles. The molecule has 0 spiro atoms. The summed E-state index contributed by atoms with van der Waals surface area (Å²) in [5.41, 5.74) is 0. The molecule has 98 heavy (non-hydrogen) atoms. The molecule has 0 aromatic heterocycles. The standard InChI is InChI=1S/C79H147N3O16/c1-10-18-26-30-40-68(36-22-14-5)64-95-76(87)48-60-91-72(83)44-56-81(57-45-73(84)92-61-49-77(88)96-65-69(37-23-15-6)41-31-27-19-11-2)54-34-52-80(9)53-35-55-82(58-46-74(85)93-62-50-78(89)97-66-70(38-24-16-7)42-32-28-20-12-3)59-47-75(86)94-63-51-79(90)98-67-71(39-25-17-8)43-33-29-21-13-4/h68-71H,10-67H2,1-9H3. The van der Waals surface area contributed by atoms with E-state index in [-0.39, 0.29) is 102 Å². The van der Waals surface area contributed by atoms with E-state index in [1.807, 2.05) is 16.8 Å². The number of nitrogens with zero attached hydrogens (tertiary/aromatic N) is 3. The van der Waals surface area contributed by atoms with Crippen LogP contribution < -0.4 is 0 Å². The van der Waals surface area contributed by atoms with Crippen molar-refractivity contribution >= 4 is 47.8 Å². The lowest BCUT2D eigenvalue weighted by atomic mass is 9.96. The first-order valence-electron chi connectivity index (χ1n) is 39.9. The van der Waals surface area contributed by atoms with E-state index in [2.05, 4.69) is 60.3 Å². The van der Waals surface area contributed by atoms with Gasteiger partial charge in [0.05, 0.1) is 77.8 Å². The van der Waals surface area contributed by atoms with E-state index < -0.39 is 23.9 Å². The van der Waals surface area contributed by atoms with Gasteiger partial charge in [-0.15, -0.1) is 0 Å². The van der Waals surface area contributed by atoms with Crippen molar-refractivity contribution in [2.75, 3.05) is 112 Å². The maximum atomic E-state index is 13.1. The number of rotatable bonds is 72. The molecule has 0 N–H and O–H groups in total. The van der Waals surface area contributed by atoms with Gasteiger partial charge in [-0.05, 0) is 121 Å². The summed E-state index contributed by atoms with van der Waals surface area (Å²) in [6.07, 6.45) is 37.2. The van der Waals surface area contributed by atoms with Gasteiger partial charge in [0.15, 0.2) is 0 Å². The summed E-state index contributed by atoms with van der Waals surface area (Å²) >= 11 is 0. The summed E-state index contributed by atoms with van der Waals surface area (Å²) in [4.78, 5) is 110. The van der Waals surface area contributed by atoms with Gasteiger partial charge in [0.2, 0.25) is 0 Å². The molecule has 0 saturated carbocycles. The van der Waals surface area contributed by atoms with E-state index in [0.717, 1.165) is 128 Å². The lowest BCUT2D eigenvalue weighted by Gasteiger charge is -2.25. The Hall–Kier alpha value is -4.36. The van der Waals surface area contributed by atoms with E-state index >= 15 is 0 Å². The lowest BCUT2D eigenvalue weighted by molar-refractivity contribution is -0.152. The van der Waals surface area contributed by atoms with Gasteiger partial charge in [0.25, 0.3) is 0 Å². The van der Waals surface area contributed by atoms with Crippen molar-refractivity contribution in [3.05, 3.63) is 0 Å². The van der Waals surface area contributed by atoms with Crippen molar-refractivity contribution in [1.29, 1.82) is 0 Å². The zero-order chi connectivity index (χ0) is 72.3. The monoisotopic (exact) mass is 1390 g/mol. The largest absolute Gasteiger partial charge is 0.465 e. The minimum atomic E-state index is -0.453. The van der Waals surface area contributed by atoms with E-state index in [9.17, 15) is 38.4 Å². The Morgan fingerprint density at radius 1 is 0.224 bits per heavy atom. The predicted octanol–water partition coefficient (Wildman–Crippen LogP) is 16.9. The third-order valence-corrected chi connectivity index (χ3v) is 18.5. The van der Waals surface area contributed by atoms with Gasteiger partial charge in [-0.2, -0.15) is 0 Å². The molecule has 4 unspecified atom stereocenters. The summed E-state index contributed by atoms with van der Waals surface area (Å²) in [7, 11) is 2.01. The molecule has 0 aliphatic carbocycles. The van der Waals surface area contributed by atoms with Gasteiger partial charge in [-0.25, -0.2) is 0 Å². The highest BCUT2D eigenvalue weighted by molar-refractivity contribution is 5.74. The molecule has 0 amide bonds. The Labute approximate surface area is 597 Å². The zero-order valence-corrected chi connectivity index (χ0v) is 64.2. The number of ether oxygens (including phenoxy) is 8. The molecular formula is C79H147N3O16. The third-order valence-electron chi connectivity index (χ3n) is 18.5. The molecule has 0 aliphatic rings. The number of hydrogen-bond acceptors (Lipinski definition) is 19. The van der Waals surface area contributed by atoms with Crippen LogP contribution >= 0.6 is 0 Å². The second kappa shape index (κ2) is 68.4. The second-order valence-corrected chi connectivity index (χ2v) is 27.7. The summed E-state index contributed by atoms with van der Waals surface area (Å²) in [6, 6.07) is 0. The molecule has 0 saturated heterocycles. The van der Waals surface area contributed by atoms with Gasteiger partial charge in [0.1, 0.15) is 26.4 Å². The van der Waals surface area contributed by atoms with Crippen LogP contribution in [0.25, 0.3) is 0 Å². The molecule has 0 radical (unpaired) electrons. The normalized spacial score (nSPS) is 12.7. The van der Waals surface area contributed by atoms with Gasteiger partial charge in [0, 0.05) is 26.2 Å². The van der Waals surface area contributed by atoms with Crippen molar-refractivity contribution in [2.45, 2.75) is 325 Å². The predicted molar refractivity (Wildman–Crippen MR) is 391 cm³/mol. The van der Waals surface area contributed by atoms with Crippen LogP contribution in [0.15, 0.2) is 0 Å². The van der Waals surface area contributed by atoms with Crippen LogP contribution in [-0.4, -0.2) is 175 Å². The molecule has 19 nitrogen and oxygen atoms in total. The van der Waals surface area contributed by atoms with Crippen molar-refractivity contribution in [3.8, 4) is 0 Å². The van der Waals surface area contributed by atoms with Crippen LogP contribution in [0.3, 0.4) is 0 Å². The Morgan fingerprint density at radius 2 is 0.429 bits per heavy atom. The highest BCUT2D eigenvalue weighted by Crippen LogP contribution is 2.22. The molecule has 0 rings (SSSR count). The fourth-order valence-corrected chi connectivity index (χ4v) is 12.0. The van der Waals surface area contributed by atoms with Crippen LogP contribution in [-0.2, 0) is 76.3 Å². The van der Waals surface area contributed by atoms with E-state index in [1.165, 1.54) is 77.0 Å². The number of esters is 8. The van der Waals surface area contributed by atoms with Crippen LogP contribution in [0.4, 0.5) is 0 Å². The Morgan fingerprint density at radius 3 is 0.643 bits per heavy atom. The quantitative estimate of drug-likeness (QED) is 0.0314. The summed E-state index contributed by atoms with van der Waals surface area (Å²) in [6.45, 7) is 22.4. The molecule has 0 aliphatic heterocycles. The molecule has 0 aromatic rings. The molecule has 0 fully saturated rings. The first kappa shape index (κ1) is 93.6.